The molecular weight excluding hydrogens is 539 g/mol. The van der Waals surface area contributed by atoms with Gasteiger partial charge in [0.2, 0.25) is 11.0 Å². The van der Waals surface area contributed by atoms with Gasteiger partial charge in [-0.2, -0.15) is 17.5 Å². The van der Waals surface area contributed by atoms with E-state index in [1.54, 1.807) is 17.2 Å². The number of halogens is 3. The number of amides is 1. The molecule has 1 amide bonds. The lowest BCUT2D eigenvalue weighted by Crippen LogP contribution is -2.49. The molecule has 0 radical (unpaired) electrons. The van der Waals surface area contributed by atoms with Crippen LogP contribution in [0.5, 0.6) is 0 Å². The first-order valence-electron chi connectivity index (χ1n) is 13.1. The van der Waals surface area contributed by atoms with E-state index in [1.165, 1.54) is 29.2 Å². The molecule has 3 heterocycles. The Morgan fingerprint density at radius 1 is 1.05 bits per heavy atom. The molecule has 1 saturated heterocycles. The van der Waals surface area contributed by atoms with E-state index in [9.17, 15) is 18.0 Å². The van der Waals surface area contributed by atoms with E-state index in [0.717, 1.165) is 28.3 Å². The number of hydrogen-bond acceptors (Lipinski definition) is 7. The number of benzene rings is 2. The molecule has 0 spiro atoms. The molecule has 0 bridgehead atoms. The van der Waals surface area contributed by atoms with Crippen LogP contribution < -0.4 is 9.80 Å². The summed E-state index contributed by atoms with van der Waals surface area (Å²) in [4.78, 5) is 23.5. The highest BCUT2D eigenvalue weighted by atomic mass is 32.1. The molecule has 40 heavy (non-hydrogen) atoms. The van der Waals surface area contributed by atoms with Crippen molar-refractivity contribution in [3.05, 3.63) is 95.2 Å². The fraction of sp³-hybridized carbons (Fsp3) is 0.345. The number of carbonyl (C=O) groups is 1. The number of anilines is 2. The molecule has 0 N–H and O–H groups in total. The Balaban J connectivity index is 1.19. The molecule has 210 valence electrons. The normalized spacial score (nSPS) is 14.0. The highest BCUT2D eigenvalue weighted by Gasteiger charge is 2.31. The number of hydrogen-bond donors (Lipinski definition) is 0. The second-order valence-electron chi connectivity index (χ2n) is 9.82. The number of aryl methyl sites for hydroxylation is 1. The van der Waals surface area contributed by atoms with Crippen LogP contribution in [0.25, 0.3) is 0 Å². The maximum atomic E-state index is 13.1. The molecule has 2 aromatic carbocycles. The van der Waals surface area contributed by atoms with E-state index in [2.05, 4.69) is 28.6 Å². The number of aromatic nitrogens is 2. The Bertz CT molecular complexity index is 1400. The molecule has 11 heteroatoms. The van der Waals surface area contributed by atoms with Crippen LogP contribution in [0.15, 0.2) is 71.3 Å². The van der Waals surface area contributed by atoms with Crippen LogP contribution in [0.4, 0.5) is 24.0 Å². The van der Waals surface area contributed by atoms with Gasteiger partial charge < -0.3 is 19.1 Å². The van der Waals surface area contributed by atoms with Gasteiger partial charge in [0.25, 0.3) is 0 Å². The summed E-state index contributed by atoms with van der Waals surface area (Å²) in [5.41, 5.74) is 2.18. The standard InChI is InChI=1S/C29H30F3N5O2S/c1-21-7-9-22(10-8-21)18-26-33-28(40-34-26)37(20-25-6-3-17-39-25)12-11-27(38)36-15-13-35(14-16-36)24-5-2-4-23(19-24)29(30,31)32/h2-10,17,19H,11-16,18,20H2,1H3. The third kappa shape index (κ3) is 7.01. The molecule has 1 aliphatic rings. The Morgan fingerprint density at radius 3 is 2.52 bits per heavy atom. The van der Waals surface area contributed by atoms with Gasteiger partial charge in [0.05, 0.1) is 18.4 Å². The van der Waals surface area contributed by atoms with Crippen LogP contribution in [0, 0.1) is 6.92 Å². The van der Waals surface area contributed by atoms with Crippen molar-refractivity contribution in [2.45, 2.75) is 32.5 Å². The second-order valence-corrected chi connectivity index (χ2v) is 10.6. The lowest BCUT2D eigenvalue weighted by atomic mass is 10.1. The summed E-state index contributed by atoms with van der Waals surface area (Å²) in [7, 11) is 0. The van der Waals surface area contributed by atoms with E-state index >= 15 is 0 Å². The van der Waals surface area contributed by atoms with Crippen molar-refractivity contribution in [1.29, 1.82) is 0 Å². The van der Waals surface area contributed by atoms with Crippen LogP contribution in [0.1, 0.15) is 34.7 Å². The Kier molecular flexibility index (Phi) is 8.39. The van der Waals surface area contributed by atoms with E-state index in [0.29, 0.717) is 51.4 Å². The van der Waals surface area contributed by atoms with E-state index in [-0.39, 0.29) is 12.3 Å². The smallest absolute Gasteiger partial charge is 0.416 e. The van der Waals surface area contributed by atoms with Gasteiger partial charge in [-0.15, -0.1) is 0 Å². The first-order chi connectivity index (χ1) is 19.2. The second kappa shape index (κ2) is 12.1. The number of furan rings is 1. The highest BCUT2D eigenvalue weighted by Crippen LogP contribution is 2.32. The van der Waals surface area contributed by atoms with Crippen molar-refractivity contribution < 1.29 is 22.4 Å². The van der Waals surface area contributed by atoms with Gasteiger partial charge in [-0.25, -0.2) is 4.98 Å². The number of nitrogens with zero attached hydrogens (tertiary/aromatic N) is 5. The highest BCUT2D eigenvalue weighted by molar-refractivity contribution is 7.09. The third-order valence-corrected chi connectivity index (χ3v) is 7.72. The van der Waals surface area contributed by atoms with Crippen molar-refractivity contribution in [1.82, 2.24) is 14.3 Å². The van der Waals surface area contributed by atoms with Gasteiger partial charge in [0.1, 0.15) is 11.6 Å². The van der Waals surface area contributed by atoms with Gasteiger partial charge in [-0.05, 0) is 42.8 Å². The van der Waals surface area contributed by atoms with Crippen molar-refractivity contribution in [3.8, 4) is 0 Å². The molecule has 0 aliphatic carbocycles. The number of rotatable bonds is 9. The van der Waals surface area contributed by atoms with Crippen LogP contribution in [-0.4, -0.2) is 52.9 Å². The average molecular weight is 570 g/mol. The SMILES string of the molecule is Cc1ccc(Cc2nsc(N(CCC(=O)N3CCN(c4cccc(C(F)(F)F)c4)CC3)Cc3ccco3)n2)cc1. The van der Waals surface area contributed by atoms with Gasteiger partial charge in [0, 0.05) is 62.8 Å². The summed E-state index contributed by atoms with van der Waals surface area (Å²) in [5.74, 6) is 1.49. The van der Waals surface area contributed by atoms with Gasteiger partial charge in [0.15, 0.2) is 0 Å². The van der Waals surface area contributed by atoms with Gasteiger partial charge >= 0.3 is 6.18 Å². The maximum absolute atomic E-state index is 13.1. The molecule has 5 rings (SSSR count). The Labute approximate surface area is 235 Å². The Morgan fingerprint density at radius 2 is 1.82 bits per heavy atom. The molecule has 1 aliphatic heterocycles. The molecule has 1 fully saturated rings. The van der Waals surface area contributed by atoms with Gasteiger partial charge in [-0.1, -0.05) is 35.9 Å². The zero-order chi connectivity index (χ0) is 28.1. The van der Waals surface area contributed by atoms with E-state index in [1.807, 2.05) is 28.9 Å². The molecule has 7 nitrogen and oxygen atoms in total. The Hall–Kier alpha value is -3.86. The minimum Gasteiger partial charge on any atom is -0.467 e. The summed E-state index contributed by atoms with van der Waals surface area (Å²) >= 11 is 1.30. The fourth-order valence-electron chi connectivity index (χ4n) is 4.65. The van der Waals surface area contributed by atoms with Crippen LogP contribution in [0.3, 0.4) is 0 Å². The first-order valence-corrected chi connectivity index (χ1v) is 13.9. The van der Waals surface area contributed by atoms with E-state index in [4.69, 9.17) is 9.40 Å². The predicted molar refractivity (Wildman–Crippen MR) is 149 cm³/mol. The van der Waals surface area contributed by atoms with Crippen LogP contribution >= 0.6 is 11.5 Å². The molecular formula is C29H30F3N5O2S. The maximum Gasteiger partial charge on any atom is 0.416 e. The molecule has 0 unspecified atom stereocenters. The monoisotopic (exact) mass is 569 g/mol. The summed E-state index contributed by atoms with van der Waals surface area (Å²) < 4.78 is 49.5. The minimum atomic E-state index is -4.39. The van der Waals surface area contributed by atoms with Crippen LogP contribution in [0.2, 0.25) is 0 Å². The third-order valence-electron chi connectivity index (χ3n) is 6.90. The number of piperazine rings is 1. The zero-order valence-corrected chi connectivity index (χ0v) is 22.9. The lowest BCUT2D eigenvalue weighted by molar-refractivity contribution is -0.137. The summed E-state index contributed by atoms with van der Waals surface area (Å²) in [6.07, 6.45) is -1.87. The first kappa shape index (κ1) is 27.7. The van der Waals surface area contributed by atoms with E-state index < -0.39 is 11.7 Å². The fourth-order valence-corrected chi connectivity index (χ4v) is 5.36. The van der Waals surface area contributed by atoms with Crippen molar-refractivity contribution >= 4 is 28.3 Å². The summed E-state index contributed by atoms with van der Waals surface area (Å²) in [5, 5.41) is 0.723. The van der Waals surface area contributed by atoms with Crippen molar-refractivity contribution in [2.24, 2.45) is 0 Å². The van der Waals surface area contributed by atoms with Gasteiger partial charge in [-0.3, -0.25) is 4.79 Å². The predicted octanol–water partition coefficient (Wildman–Crippen LogP) is 5.79. The van der Waals surface area contributed by atoms with Crippen molar-refractivity contribution in [3.63, 3.8) is 0 Å². The summed E-state index contributed by atoms with van der Waals surface area (Å²) in [6.45, 7) is 4.80. The quantitative estimate of drug-likeness (QED) is 0.254. The molecule has 4 aromatic rings. The zero-order valence-electron chi connectivity index (χ0n) is 22.1. The largest absolute Gasteiger partial charge is 0.467 e. The molecule has 0 atom stereocenters. The van der Waals surface area contributed by atoms with Crippen molar-refractivity contribution in [2.75, 3.05) is 42.5 Å². The minimum absolute atomic E-state index is 0.00229. The molecule has 2 aromatic heterocycles. The average Bonchev–Trinajstić information content (AvgIpc) is 3.64. The van der Waals surface area contributed by atoms with Crippen LogP contribution in [-0.2, 0) is 23.9 Å². The topological polar surface area (TPSA) is 65.7 Å². The molecule has 0 saturated carbocycles. The number of alkyl halides is 3. The lowest BCUT2D eigenvalue weighted by Gasteiger charge is -2.36. The number of carbonyl (C=O) groups excluding carboxylic acids is 1. The summed E-state index contributed by atoms with van der Waals surface area (Å²) in [6, 6.07) is 17.3.